The molecule has 0 aliphatic carbocycles. The normalized spacial score (nSPS) is 14.0. The second kappa shape index (κ2) is 3.04. The molecule has 1 atom stereocenters. The number of primary amides is 1. The molecule has 0 rings (SSSR count). The van der Waals surface area contributed by atoms with Crippen molar-refractivity contribution in [1.82, 2.24) is 4.90 Å². The lowest BCUT2D eigenvalue weighted by Gasteiger charge is -2.12. The summed E-state index contributed by atoms with van der Waals surface area (Å²) in [5.74, 6) is -0.366. The molecular formula is C4H9BrN2O. The SMILES string of the molecule is CN(C)C(Br)C(N)=O. The van der Waals surface area contributed by atoms with Gasteiger partial charge in [0.05, 0.1) is 0 Å². The Hall–Kier alpha value is -0.0900. The average molecular weight is 181 g/mol. The topological polar surface area (TPSA) is 46.3 Å². The molecule has 0 saturated carbocycles. The van der Waals surface area contributed by atoms with E-state index in [1.807, 2.05) is 0 Å². The first kappa shape index (κ1) is 7.91. The Morgan fingerprint density at radius 1 is 1.75 bits per heavy atom. The summed E-state index contributed by atoms with van der Waals surface area (Å²) in [5, 5.41) is 0. The van der Waals surface area contributed by atoms with E-state index in [4.69, 9.17) is 5.73 Å². The molecule has 0 fully saturated rings. The first-order chi connectivity index (χ1) is 3.55. The van der Waals surface area contributed by atoms with E-state index >= 15 is 0 Å². The Morgan fingerprint density at radius 2 is 2.12 bits per heavy atom. The number of likely N-dealkylation sites (N-methyl/N-ethyl adjacent to an activating group) is 1. The van der Waals surface area contributed by atoms with E-state index < -0.39 is 0 Å². The van der Waals surface area contributed by atoms with Gasteiger partial charge in [0, 0.05) is 0 Å². The molecule has 8 heavy (non-hydrogen) atoms. The van der Waals surface area contributed by atoms with Crippen molar-refractivity contribution >= 4 is 21.8 Å². The van der Waals surface area contributed by atoms with Crippen molar-refractivity contribution < 1.29 is 4.79 Å². The zero-order chi connectivity index (χ0) is 6.73. The Bertz CT molecular complexity index is 94.0. The summed E-state index contributed by atoms with van der Waals surface area (Å²) in [4.78, 5) is 11.6. The van der Waals surface area contributed by atoms with Gasteiger partial charge in [-0.25, -0.2) is 0 Å². The number of hydrogen-bond acceptors (Lipinski definition) is 2. The van der Waals surface area contributed by atoms with Crippen molar-refractivity contribution in [2.75, 3.05) is 14.1 Å². The van der Waals surface area contributed by atoms with Crippen molar-refractivity contribution in [3.63, 3.8) is 0 Å². The smallest absolute Gasteiger partial charge is 0.245 e. The van der Waals surface area contributed by atoms with Crippen LogP contribution in [0.4, 0.5) is 0 Å². The van der Waals surface area contributed by atoms with E-state index in [0.29, 0.717) is 0 Å². The average Bonchev–Trinajstić information content (AvgIpc) is 1.64. The van der Waals surface area contributed by atoms with Gasteiger partial charge in [0.1, 0.15) is 4.95 Å². The number of carbonyl (C=O) groups excluding carboxylic acids is 1. The van der Waals surface area contributed by atoms with Gasteiger partial charge >= 0.3 is 0 Å². The molecule has 0 aromatic rings. The fourth-order valence-corrected chi connectivity index (χ4v) is 0.254. The molecule has 1 unspecified atom stereocenters. The number of rotatable bonds is 2. The van der Waals surface area contributed by atoms with E-state index in [1.54, 1.807) is 19.0 Å². The van der Waals surface area contributed by atoms with Crippen molar-refractivity contribution in [1.29, 1.82) is 0 Å². The maximum atomic E-state index is 10.3. The number of nitrogens with zero attached hydrogens (tertiary/aromatic N) is 1. The number of alkyl halides is 1. The summed E-state index contributed by atoms with van der Waals surface area (Å²) >= 11 is 3.06. The molecule has 0 radical (unpaired) electrons. The molecule has 0 saturated heterocycles. The molecule has 0 aliphatic rings. The third-order valence-corrected chi connectivity index (χ3v) is 1.96. The van der Waals surface area contributed by atoms with E-state index in [2.05, 4.69) is 15.9 Å². The van der Waals surface area contributed by atoms with E-state index in [0.717, 1.165) is 0 Å². The fraction of sp³-hybridized carbons (Fsp3) is 0.750. The molecule has 48 valence electrons. The lowest BCUT2D eigenvalue weighted by atomic mass is 10.6. The number of halogens is 1. The van der Waals surface area contributed by atoms with Gasteiger partial charge in [-0.3, -0.25) is 9.69 Å². The highest BCUT2D eigenvalue weighted by Gasteiger charge is 2.11. The van der Waals surface area contributed by atoms with Crippen LogP contribution in [-0.2, 0) is 4.79 Å². The van der Waals surface area contributed by atoms with E-state index in [1.165, 1.54) is 0 Å². The first-order valence-electron chi connectivity index (χ1n) is 2.15. The van der Waals surface area contributed by atoms with Crippen molar-refractivity contribution in [2.45, 2.75) is 4.95 Å². The van der Waals surface area contributed by atoms with Crippen LogP contribution >= 0.6 is 15.9 Å². The molecule has 0 bridgehead atoms. The van der Waals surface area contributed by atoms with Gasteiger partial charge in [-0.15, -0.1) is 0 Å². The predicted octanol–water partition coefficient (Wildman–Crippen LogP) is -0.246. The summed E-state index contributed by atoms with van der Waals surface area (Å²) in [6.07, 6.45) is 0. The second-order valence-electron chi connectivity index (χ2n) is 1.70. The minimum absolute atomic E-state index is 0.345. The molecule has 0 heterocycles. The second-order valence-corrected chi connectivity index (χ2v) is 2.57. The van der Waals surface area contributed by atoms with Crippen LogP contribution in [0, 0.1) is 0 Å². The Balaban J connectivity index is 3.64. The Kier molecular flexibility index (Phi) is 3.01. The first-order valence-corrected chi connectivity index (χ1v) is 3.07. The van der Waals surface area contributed by atoms with Crippen LogP contribution in [0.3, 0.4) is 0 Å². The summed E-state index contributed by atoms with van der Waals surface area (Å²) in [7, 11) is 3.54. The van der Waals surface area contributed by atoms with Crippen LogP contribution in [0.2, 0.25) is 0 Å². The van der Waals surface area contributed by atoms with Gasteiger partial charge in [0.25, 0.3) is 0 Å². The largest absolute Gasteiger partial charge is 0.368 e. The monoisotopic (exact) mass is 180 g/mol. The van der Waals surface area contributed by atoms with Gasteiger partial charge in [-0.1, -0.05) is 15.9 Å². The van der Waals surface area contributed by atoms with Crippen LogP contribution < -0.4 is 5.73 Å². The van der Waals surface area contributed by atoms with E-state index in [9.17, 15) is 4.79 Å². The Morgan fingerprint density at radius 3 is 2.12 bits per heavy atom. The van der Waals surface area contributed by atoms with Crippen LogP contribution in [0.25, 0.3) is 0 Å². The Labute approximate surface area is 57.0 Å². The molecule has 0 aliphatic heterocycles. The van der Waals surface area contributed by atoms with Gasteiger partial charge in [0.2, 0.25) is 5.91 Å². The van der Waals surface area contributed by atoms with Crippen molar-refractivity contribution in [2.24, 2.45) is 5.73 Å². The molecule has 0 aromatic carbocycles. The number of amides is 1. The van der Waals surface area contributed by atoms with Gasteiger partial charge in [-0.05, 0) is 14.1 Å². The zero-order valence-corrected chi connectivity index (χ0v) is 6.47. The summed E-state index contributed by atoms with van der Waals surface area (Å²) in [6.45, 7) is 0. The summed E-state index contributed by atoms with van der Waals surface area (Å²) in [5.41, 5.74) is 4.91. The lowest BCUT2D eigenvalue weighted by molar-refractivity contribution is -0.119. The van der Waals surface area contributed by atoms with Gasteiger partial charge in [0.15, 0.2) is 0 Å². The molecular weight excluding hydrogens is 172 g/mol. The molecule has 0 aromatic heterocycles. The third-order valence-electron chi connectivity index (χ3n) is 0.688. The lowest BCUT2D eigenvalue weighted by Crippen LogP contribution is -2.35. The van der Waals surface area contributed by atoms with Crippen LogP contribution in [0.5, 0.6) is 0 Å². The van der Waals surface area contributed by atoms with Crippen LogP contribution in [0.15, 0.2) is 0 Å². The fourth-order valence-electron chi connectivity index (χ4n) is 0.254. The standard InChI is InChI=1S/C4H9BrN2O/c1-7(2)3(5)4(6)8/h3H,1-2H3,(H2,6,8). The summed E-state index contributed by atoms with van der Waals surface area (Å²) in [6, 6.07) is 0. The van der Waals surface area contributed by atoms with Crippen molar-refractivity contribution in [3.05, 3.63) is 0 Å². The van der Waals surface area contributed by atoms with Gasteiger partial charge < -0.3 is 5.73 Å². The summed E-state index contributed by atoms with van der Waals surface area (Å²) < 4.78 is 0. The highest BCUT2D eigenvalue weighted by Crippen LogP contribution is 1.99. The van der Waals surface area contributed by atoms with Crippen LogP contribution in [-0.4, -0.2) is 29.9 Å². The molecule has 1 amide bonds. The maximum absolute atomic E-state index is 10.3. The number of carbonyl (C=O) groups is 1. The third kappa shape index (κ3) is 2.28. The minimum atomic E-state index is -0.366. The molecule has 4 heteroatoms. The number of nitrogens with two attached hydrogens (primary N) is 1. The molecule has 0 spiro atoms. The molecule has 3 nitrogen and oxygen atoms in total. The number of hydrogen-bond donors (Lipinski definition) is 1. The predicted molar refractivity (Wildman–Crippen MR) is 35.6 cm³/mol. The van der Waals surface area contributed by atoms with Crippen molar-refractivity contribution in [3.8, 4) is 0 Å². The maximum Gasteiger partial charge on any atom is 0.245 e. The zero-order valence-electron chi connectivity index (χ0n) is 4.89. The highest BCUT2D eigenvalue weighted by molar-refractivity contribution is 9.09. The van der Waals surface area contributed by atoms with E-state index in [-0.39, 0.29) is 10.9 Å². The highest BCUT2D eigenvalue weighted by atomic mass is 79.9. The minimum Gasteiger partial charge on any atom is -0.368 e. The van der Waals surface area contributed by atoms with Crippen LogP contribution in [0.1, 0.15) is 0 Å². The molecule has 2 N–H and O–H groups in total. The quantitative estimate of drug-likeness (QED) is 0.471. The van der Waals surface area contributed by atoms with Gasteiger partial charge in [-0.2, -0.15) is 0 Å².